The fourth-order valence-corrected chi connectivity index (χ4v) is 0.988. The normalized spacial score (nSPS) is 9.69. The maximum Gasteiger partial charge on any atom is 0.314 e. The van der Waals surface area contributed by atoms with Crippen LogP contribution in [0, 0.1) is 11.6 Å². The van der Waals surface area contributed by atoms with Crippen LogP contribution in [0.2, 0.25) is 0 Å². The van der Waals surface area contributed by atoms with Crippen molar-refractivity contribution in [1.29, 1.82) is 0 Å². The summed E-state index contributed by atoms with van der Waals surface area (Å²) in [6.45, 7) is 0.456. The van der Waals surface area contributed by atoms with Gasteiger partial charge in [-0.05, 0) is 12.1 Å². The number of amides is 2. The average Bonchev–Trinajstić information content (AvgIpc) is 2.28. The molecule has 4 nitrogen and oxygen atoms in total. The van der Waals surface area contributed by atoms with Crippen LogP contribution in [0.4, 0.5) is 13.6 Å². The van der Waals surface area contributed by atoms with E-state index in [1.54, 1.807) is 0 Å². The minimum Gasteiger partial charge on any atom is -0.492 e. The van der Waals surface area contributed by atoms with Gasteiger partial charge in [0.25, 0.3) is 0 Å². The molecule has 0 atom stereocenters. The van der Waals surface area contributed by atoms with Crippen LogP contribution in [0.5, 0.6) is 5.75 Å². The molecular weight excluding hydrogens is 218 g/mol. The van der Waals surface area contributed by atoms with Crippen molar-refractivity contribution in [2.45, 2.75) is 0 Å². The molecule has 0 bridgehead atoms. The summed E-state index contributed by atoms with van der Waals surface area (Å²) in [4.78, 5) is 10.7. The monoisotopic (exact) mass is 230 g/mol. The van der Waals surface area contributed by atoms with Gasteiger partial charge in [0.1, 0.15) is 12.4 Å². The molecule has 0 aliphatic rings. The number of ether oxygens (including phenoxy) is 1. The largest absolute Gasteiger partial charge is 0.492 e. The quantitative estimate of drug-likeness (QED) is 0.765. The molecular formula is C10H12F2N2O2. The highest BCUT2D eigenvalue weighted by Gasteiger charge is 2.03. The molecule has 1 aromatic rings. The molecule has 0 fully saturated rings. The minimum absolute atomic E-state index is 0.179. The fourth-order valence-electron chi connectivity index (χ4n) is 0.988. The highest BCUT2D eigenvalue weighted by molar-refractivity contribution is 5.73. The van der Waals surface area contributed by atoms with E-state index in [0.717, 1.165) is 12.1 Å². The number of urea groups is 1. The first-order chi connectivity index (χ1) is 7.63. The number of carbonyl (C=O) groups is 1. The second-order valence-electron chi connectivity index (χ2n) is 2.93. The molecule has 16 heavy (non-hydrogen) atoms. The minimum atomic E-state index is -0.961. The van der Waals surface area contributed by atoms with Gasteiger partial charge in [0, 0.05) is 13.1 Å². The van der Waals surface area contributed by atoms with E-state index < -0.39 is 11.6 Å². The second kappa shape index (κ2) is 5.89. The van der Waals surface area contributed by atoms with Crippen LogP contribution in [0.3, 0.4) is 0 Å². The molecule has 0 heterocycles. The SMILES string of the molecule is CNC(=O)NCCOc1ccc(F)c(F)c1. The van der Waals surface area contributed by atoms with Crippen molar-refractivity contribution in [3.05, 3.63) is 29.8 Å². The lowest BCUT2D eigenvalue weighted by Gasteiger charge is -2.07. The van der Waals surface area contributed by atoms with Crippen molar-refractivity contribution in [1.82, 2.24) is 10.6 Å². The predicted octanol–water partition coefficient (Wildman–Crippen LogP) is 1.27. The highest BCUT2D eigenvalue weighted by atomic mass is 19.2. The molecule has 0 aromatic heterocycles. The van der Waals surface area contributed by atoms with E-state index in [1.807, 2.05) is 0 Å². The zero-order valence-corrected chi connectivity index (χ0v) is 8.72. The van der Waals surface area contributed by atoms with Gasteiger partial charge in [-0.15, -0.1) is 0 Å². The third kappa shape index (κ3) is 3.72. The molecule has 1 aromatic carbocycles. The van der Waals surface area contributed by atoms with Crippen LogP contribution >= 0.6 is 0 Å². The highest BCUT2D eigenvalue weighted by Crippen LogP contribution is 2.14. The Morgan fingerprint density at radius 1 is 1.38 bits per heavy atom. The van der Waals surface area contributed by atoms with Gasteiger partial charge in [-0.3, -0.25) is 0 Å². The Balaban J connectivity index is 2.32. The Labute approximate surface area is 91.6 Å². The van der Waals surface area contributed by atoms with Gasteiger partial charge in [-0.2, -0.15) is 0 Å². The summed E-state index contributed by atoms with van der Waals surface area (Å²) in [6.07, 6.45) is 0. The van der Waals surface area contributed by atoms with Gasteiger partial charge in [-0.25, -0.2) is 13.6 Å². The molecule has 0 spiro atoms. The first kappa shape index (κ1) is 12.2. The van der Waals surface area contributed by atoms with Crippen molar-refractivity contribution in [2.75, 3.05) is 20.2 Å². The Morgan fingerprint density at radius 2 is 2.12 bits per heavy atom. The molecule has 6 heteroatoms. The lowest BCUT2D eigenvalue weighted by molar-refractivity contribution is 0.238. The summed E-state index contributed by atoms with van der Waals surface area (Å²) in [5.74, 6) is -1.66. The van der Waals surface area contributed by atoms with Crippen molar-refractivity contribution in [2.24, 2.45) is 0 Å². The number of benzene rings is 1. The summed E-state index contributed by atoms with van der Waals surface area (Å²) in [7, 11) is 1.49. The smallest absolute Gasteiger partial charge is 0.314 e. The average molecular weight is 230 g/mol. The van der Waals surface area contributed by atoms with E-state index in [1.165, 1.54) is 13.1 Å². The summed E-state index contributed by atoms with van der Waals surface area (Å²) in [5.41, 5.74) is 0. The lowest BCUT2D eigenvalue weighted by atomic mass is 10.3. The van der Waals surface area contributed by atoms with Crippen molar-refractivity contribution in [3.8, 4) is 5.75 Å². The van der Waals surface area contributed by atoms with Crippen LogP contribution in [0.25, 0.3) is 0 Å². The zero-order chi connectivity index (χ0) is 12.0. The topological polar surface area (TPSA) is 50.4 Å². The molecule has 0 aliphatic carbocycles. The van der Waals surface area contributed by atoms with E-state index in [0.29, 0.717) is 0 Å². The Morgan fingerprint density at radius 3 is 2.75 bits per heavy atom. The van der Waals surface area contributed by atoms with E-state index >= 15 is 0 Å². The van der Waals surface area contributed by atoms with Gasteiger partial charge < -0.3 is 15.4 Å². The van der Waals surface area contributed by atoms with Crippen LogP contribution < -0.4 is 15.4 Å². The van der Waals surface area contributed by atoms with Gasteiger partial charge in [0.2, 0.25) is 0 Å². The zero-order valence-electron chi connectivity index (χ0n) is 8.72. The van der Waals surface area contributed by atoms with Gasteiger partial charge >= 0.3 is 6.03 Å². The number of hydrogen-bond acceptors (Lipinski definition) is 2. The molecule has 0 saturated heterocycles. The number of halogens is 2. The maximum atomic E-state index is 12.7. The first-order valence-electron chi connectivity index (χ1n) is 4.67. The van der Waals surface area contributed by atoms with E-state index in [9.17, 15) is 13.6 Å². The predicted molar refractivity (Wildman–Crippen MR) is 54.3 cm³/mol. The summed E-state index contributed by atoms with van der Waals surface area (Å²) < 4.78 is 30.4. The summed E-state index contributed by atoms with van der Waals surface area (Å²) >= 11 is 0. The van der Waals surface area contributed by atoms with Crippen LogP contribution in [0.1, 0.15) is 0 Å². The third-order valence-electron chi connectivity index (χ3n) is 1.77. The standard InChI is InChI=1S/C10H12F2N2O2/c1-13-10(15)14-4-5-16-7-2-3-8(11)9(12)6-7/h2-3,6H,4-5H2,1H3,(H2,13,14,15). The fraction of sp³-hybridized carbons (Fsp3) is 0.300. The molecule has 0 saturated carbocycles. The van der Waals surface area contributed by atoms with Crippen LogP contribution in [-0.4, -0.2) is 26.2 Å². The van der Waals surface area contributed by atoms with Crippen molar-refractivity contribution >= 4 is 6.03 Å². The first-order valence-corrected chi connectivity index (χ1v) is 4.67. The molecule has 0 unspecified atom stereocenters. The van der Waals surface area contributed by atoms with Gasteiger partial charge in [0.05, 0.1) is 6.54 Å². The van der Waals surface area contributed by atoms with E-state index in [4.69, 9.17) is 4.74 Å². The molecule has 0 aliphatic heterocycles. The number of rotatable bonds is 4. The number of hydrogen-bond donors (Lipinski definition) is 2. The van der Waals surface area contributed by atoms with Crippen molar-refractivity contribution < 1.29 is 18.3 Å². The lowest BCUT2D eigenvalue weighted by Crippen LogP contribution is -2.35. The summed E-state index contributed by atoms with van der Waals surface area (Å²) in [6, 6.07) is 2.93. The number of nitrogens with one attached hydrogen (secondary N) is 2. The van der Waals surface area contributed by atoms with E-state index in [2.05, 4.69) is 10.6 Å². The number of carbonyl (C=O) groups excluding carboxylic acids is 1. The Kier molecular flexibility index (Phi) is 4.50. The molecule has 88 valence electrons. The Bertz CT molecular complexity index is 372. The third-order valence-corrected chi connectivity index (χ3v) is 1.77. The molecule has 2 N–H and O–H groups in total. The van der Waals surface area contributed by atoms with Crippen molar-refractivity contribution in [3.63, 3.8) is 0 Å². The van der Waals surface area contributed by atoms with E-state index in [-0.39, 0.29) is 24.9 Å². The summed E-state index contributed by atoms with van der Waals surface area (Å²) in [5, 5.41) is 4.85. The van der Waals surface area contributed by atoms with Gasteiger partial charge in [-0.1, -0.05) is 0 Å². The van der Waals surface area contributed by atoms with Crippen LogP contribution in [-0.2, 0) is 0 Å². The maximum absolute atomic E-state index is 12.7. The molecule has 2 amide bonds. The van der Waals surface area contributed by atoms with Gasteiger partial charge in [0.15, 0.2) is 11.6 Å². The second-order valence-corrected chi connectivity index (χ2v) is 2.93. The van der Waals surface area contributed by atoms with Crippen LogP contribution in [0.15, 0.2) is 18.2 Å². The Hall–Kier alpha value is -1.85. The molecule has 0 radical (unpaired) electrons. The molecule has 1 rings (SSSR count).